The third-order valence-electron chi connectivity index (χ3n) is 10.0. The van der Waals surface area contributed by atoms with Crippen molar-refractivity contribution < 1.29 is 9.52 Å². The largest absolute Gasteiger partial charge is 0.507 e. The average Bonchev–Trinajstić information content (AvgIpc) is 3.80. The maximum atomic E-state index is 10.8. The van der Waals surface area contributed by atoms with E-state index in [9.17, 15) is 5.11 Å². The summed E-state index contributed by atoms with van der Waals surface area (Å²) in [5.74, 6) is 1.02. The van der Waals surface area contributed by atoms with Gasteiger partial charge in [0, 0.05) is 59.1 Å². The minimum absolute atomic E-state index is 0.195. The van der Waals surface area contributed by atoms with Gasteiger partial charge in [-0.1, -0.05) is 109 Å². The third-order valence-corrected chi connectivity index (χ3v) is 11.2. The Morgan fingerprint density at radius 1 is 0.463 bits per heavy atom. The van der Waals surface area contributed by atoms with Gasteiger partial charge in [-0.3, -0.25) is 4.98 Å². The van der Waals surface area contributed by atoms with Crippen molar-refractivity contribution in [2.75, 3.05) is 0 Å². The fourth-order valence-electron chi connectivity index (χ4n) is 7.51. The van der Waals surface area contributed by atoms with E-state index in [0.717, 1.165) is 72.8 Å². The molecule has 0 unspecified atom stereocenters. The smallest absolute Gasteiger partial charge is 0.143 e. The van der Waals surface area contributed by atoms with Crippen LogP contribution in [0.4, 0.5) is 0 Å². The van der Waals surface area contributed by atoms with Crippen LogP contribution in [0.3, 0.4) is 0 Å². The zero-order valence-electron chi connectivity index (χ0n) is 29.3. The molecule has 0 fully saturated rings. The normalized spacial score (nSPS) is 11.5. The quantitative estimate of drug-likeness (QED) is 0.186. The number of hydrogen-bond donors (Lipinski definition) is 1. The molecule has 0 atom stereocenters. The van der Waals surface area contributed by atoms with E-state index in [1.807, 2.05) is 72.9 Å². The molecule has 0 bridgehead atoms. The second kappa shape index (κ2) is 13.0. The van der Waals surface area contributed by atoms with Crippen molar-refractivity contribution >= 4 is 42.5 Å². The summed E-state index contributed by atoms with van der Waals surface area (Å²) in [5, 5.41) is 14.4. The average molecular weight is 713 g/mol. The maximum absolute atomic E-state index is 10.8. The first-order valence-electron chi connectivity index (χ1n) is 17.9. The highest BCUT2D eigenvalue weighted by Gasteiger charge is 2.20. The molecule has 0 amide bonds. The van der Waals surface area contributed by atoms with Crippen LogP contribution < -0.4 is 0 Å². The summed E-state index contributed by atoms with van der Waals surface area (Å²) in [6.45, 7) is 2.03. The van der Waals surface area contributed by atoms with Crippen molar-refractivity contribution in [3.05, 3.63) is 176 Å². The lowest BCUT2D eigenvalue weighted by Gasteiger charge is -2.12. The van der Waals surface area contributed by atoms with Gasteiger partial charge >= 0.3 is 0 Å². The number of aromatic nitrogens is 2. The van der Waals surface area contributed by atoms with Crippen LogP contribution in [0.1, 0.15) is 5.69 Å². The van der Waals surface area contributed by atoms with Gasteiger partial charge in [0.15, 0.2) is 0 Å². The number of nitrogens with zero attached hydrogens (tertiary/aromatic N) is 2. The molecule has 10 aromatic rings. The number of rotatable bonds is 6. The SMILES string of the molecule is Cc1cc(-c2oc3ccccc3c2-c2ccc3c(c2)sc2ccccc23)cc(-c2cccc(-c3cc(-c4ccccc4)cc(-c4ccccc4O)n3)c2)n1. The molecule has 0 radical (unpaired) electrons. The fraction of sp³-hybridized carbons (Fsp3) is 0.0204. The number of thiophene rings is 1. The van der Waals surface area contributed by atoms with Crippen molar-refractivity contribution in [2.24, 2.45) is 0 Å². The number of pyridine rings is 2. The molecule has 54 heavy (non-hydrogen) atoms. The molecule has 4 nitrogen and oxygen atoms in total. The third kappa shape index (κ3) is 5.63. The lowest BCUT2D eigenvalue weighted by Crippen LogP contribution is -1.93. The lowest BCUT2D eigenvalue weighted by molar-refractivity contribution is 0.477. The minimum Gasteiger partial charge on any atom is -0.507 e. The number of phenolic OH excluding ortho intramolecular Hbond substituents is 1. The predicted octanol–water partition coefficient (Wildman–Crippen LogP) is 13.6. The second-order valence-corrected chi connectivity index (χ2v) is 14.7. The topological polar surface area (TPSA) is 59.2 Å². The predicted molar refractivity (Wildman–Crippen MR) is 224 cm³/mol. The number of para-hydroxylation sites is 2. The fourth-order valence-corrected chi connectivity index (χ4v) is 8.65. The van der Waals surface area contributed by atoms with Crippen molar-refractivity contribution in [3.63, 3.8) is 0 Å². The van der Waals surface area contributed by atoms with Crippen molar-refractivity contribution in [1.82, 2.24) is 9.97 Å². The van der Waals surface area contributed by atoms with Crippen LogP contribution in [-0.4, -0.2) is 15.1 Å². The van der Waals surface area contributed by atoms with E-state index in [1.165, 1.54) is 20.2 Å². The molecule has 0 spiro atoms. The molecule has 0 aliphatic carbocycles. The molecule has 1 N–H and O–H groups in total. The van der Waals surface area contributed by atoms with E-state index in [2.05, 4.69) is 109 Å². The summed E-state index contributed by atoms with van der Waals surface area (Å²) in [5.41, 5.74) is 12.0. The molecule has 0 aliphatic rings. The number of aryl methyl sites for hydroxylation is 1. The molecule has 256 valence electrons. The minimum atomic E-state index is 0.195. The molecule has 0 saturated heterocycles. The highest BCUT2D eigenvalue weighted by atomic mass is 32.1. The molecule has 0 saturated carbocycles. The van der Waals surface area contributed by atoms with E-state index in [-0.39, 0.29) is 5.75 Å². The summed E-state index contributed by atoms with van der Waals surface area (Å²) in [7, 11) is 0. The van der Waals surface area contributed by atoms with E-state index >= 15 is 0 Å². The Morgan fingerprint density at radius 3 is 1.98 bits per heavy atom. The first-order chi connectivity index (χ1) is 26.6. The van der Waals surface area contributed by atoms with E-state index in [4.69, 9.17) is 14.4 Å². The number of furan rings is 1. The van der Waals surface area contributed by atoms with Crippen LogP contribution in [0.15, 0.2) is 174 Å². The van der Waals surface area contributed by atoms with Crippen molar-refractivity contribution in [3.8, 4) is 73.1 Å². The molecule has 6 aromatic carbocycles. The van der Waals surface area contributed by atoms with E-state index < -0.39 is 0 Å². The Morgan fingerprint density at radius 2 is 1.13 bits per heavy atom. The number of fused-ring (bicyclic) bond motifs is 4. The second-order valence-electron chi connectivity index (χ2n) is 13.6. The first-order valence-corrected chi connectivity index (χ1v) is 18.8. The van der Waals surface area contributed by atoms with Crippen molar-refractivity contribution in [1.29, 1.82) is 0 Å². The van der Waals surface area contributed by atoms with Gasteiger partial charge in [0.05, 0.1) is 17.1 Å². The van der Waals surface area contributed by atoms with Crippen LogP contribution >= 0.6 is 11.3 Å². The van der Waals surface area contributed by atoms with Crippen molar-refractivity contribution in [2.45, 2.75) is 6.92 Å². The van der Waals surface area contributed by atoms with Gasteiger partial charge < -0.3 is 9.52 Å². The molecule has 0 aliphatic heterocycles. The van der Waals surface area contributed by atoms with Gasteiger partial charge in [0.2, 0.25) is 0 Å². The zero-order chi connectivity index (χ0) is 36.2. The van der Waals surface area contributed by atoms with Crippen LogP contribution in [0, 0.1) is 6.92 Å². The first kappa shape index (κ1) is 31.9. The molecular weight excluding hydrogens is 681 g/mol. The number of phenols is 1. The van der Waals surface area contributed by atoms with Crippen LogP contribution in [0.2, 0.25) is 0 Å². The summed E-state index contributed by atoms with van der Waals surface area (Å²) < 4.78 is 9.26. The molecule has 4 heterocycles. The Bertz CT molecular complexity index is 3030. The summed E-state index contributed by atoms with van der Waals surface area (Å²) >= 11 is 1.82. The van der Waals surface area contributed by atoms with Crippen LogP contribution in [0.5, 0.6) is 5.75 Å². The summed E-state index contributed by atoms with van der Waals surface area (Å²) in [4.78, 5) is 10.1. The van der Waals surface area contributed by atoms with Gasteiger partial charge in [0.25, 0.3) is 0 Å². The van der Waals surface area contributed by atoms with Gasteiger partial charge in [-0.2, -0.15) is 0 Å². The van der Waals surface area contributed by atoms with Gasteiger partial charge in [0.1, 0.15) is 17.1 Å². The highest BCUT2D eigenvalue weighted by molar-refractivity contribution is 7.25. The van der Waals surface area contributed by atoms with Gasteiger partial charge in [-0.15, -0.1) is 11.3 Å². The molecular formula is C49H32N2O2S. The Hall–Kier alpha value is -6.82. The number of benzene rings is 6. The molecule has 5 heteroatoms. The summed E-state index contributed by atoms with van der Waals surface area (Å²) in [6, 6.07) is 58.0. The Balaban J connectivity index is 1.10. The number of hydrogen-bond acceptors (Lipinski definition) is 5. The van der Waals surface area contributed by atoms with Crippen LogP contribution in [0.25, 0.3) is 98.5 Å². The van der Waals surface area contributed by atoms with Crippen LogP contribution in [-0.2, 0) is 0 Å². The van der Waals surface area contributed by atoms with Gasteiger partial charge in [-0.05, 0) is 84.3 Å². The standard InChI is InChI=1S/C49H32N2O2S/c1-30-24-36(49-48(40-18-6-9-20-45(40)53-49)34-22-23-38-37-16-7-10-21-46(37)54-47(38)29-34)28-41(50-30)32-14-11-15-33(25-32)42-26-35(31-12-3-2-4-13-31)27-43(51-42)39-17-5-8-19-44(39)52/h2-29,52H,1H3. The Kier molecular flexibility index (Phi) is 7.67. The highest BCUT2D eigenvalue weighted by Crippen LogP contribution is 2.44. The monoisotopic (exact) mass is 712 g/mol. The van der Waals surface area contributed by atoms with E-state index in [0.29, 0.717) is 11.3 Å². The molecule has 4 aromatic heterocycles. The van der Waals surface area contributed by atoms with Gasteiger partial charge in [-0.25, -0.2) is 4.98 Å². The summed E-state index contributed by atoms with van der Waals surface area (Å²) in [6.07, 6.45) is 0. The molecule has 10 rings (SSSR count). The maximum Gasteiger partial charge on any atom is 0.143 e. The zero-order valence-corrected chi connectivity index (χ0v) is 30.1. The van der Waals surface area contributed by atoms with E-state index in [1.54, 1.807) is 6.07 Å². The number of aromatic hydroxyl groups is 1. The lowest BCUT2D eigenvalue weighted by atomic mass is 9.96. The Labute approximate surface area is 316 Å².